The van der Waals surface area contributed by atoms with Crippen molar-refractivity contribution >= 4 is 0 Å². The van der Waals surface area contributed by atoms with Crippen LogP contribution in [0.15, 0.2) is 12.1 Å². The van der Waals surface area contributed by atoms with E-state index in [-0.39, 0.29) is 17.1 Å². The fraction of sp³-hybridized carbons (Fsp3) is 0.760. The zero-order valence-corrected chi connectivity index (χ0v) is 17.3. The molecule has 9 rings (SSSR count). The van der Waals surface area contributed by atoms with Crippen molar-refractivity contribution in [2.75, 3.05) is 19.7 Å². The summed E-state index contributed by atoms with van der Waals surface area (Å²) in [6, 6.07) is 4.73. The van der Waals surface area contributed by atoms with Crippen molar-refractivity contribution in [2.24, 2.45) is 23.2 Å². The van der Waals surface area contributed by atoms with E-state index < -0.39 is 0 Å². The molecule has 154 valence electrons. The normalized spacial score (nSPS) is 50.9. The van der Waals surface area contributed by atoms with E-state index in [9.17, 15) is 5.11 Å². The van der Waals surface area contributed by atoms with Gasteiger partial charge < -0.3 is 14.6 Å². The van der Waals surface area contributed by atoms with Gasteiger partial charge in [0.15, 0.2) is 11.5 Å². The van der Waals surface area contributed by atoms with Crippen LogP contribution in [0.2, 0.25) is 0 Å². The van der Waals surface area contributed by atoms with Crippen LogP contribution < -0.4 is 4.74 Å². The van der Waals surface area contributed by atoms with E-state index in [0.29, 0.717) is 29.0 Å². The van der Waals surface area contributed by atoms with Crippen molar-refractivity contribution < 1.29 is 14.6 Å². The number of nitrogens with zero attached hydrogens (tertiary/aromatic N) is 1. The Labute approximate surface area is 172 Å². The maximum Gasteiger partial charge on any atom is 0.165 e. The molecular formula is C25H31NO3. The Balaban J connectivity index is 1.40. The second kappa shape index (κ2) is 4.80. The molecule has 1 aromatic carbocycles. The van der Waals surface area contributed by atoms with Crippen LogP contribution in [-0.2, 0) is 16.6 Å². The van der Waals surface area contributed by atoms with E-state index in [1.165, 1.54) is 56.3 Å². The third-order valence-corrected chi connectivity index (χ3v) is 10.6. The summed E-state index contributed by atoms with van der Waals surface area (Å²) in [5.74, 6) is 3.32. The van der Waals surface area contributed by atoms with Gasteiger partial charge in [0, 0.05) is 29.0 Å². The molecule has 7 atom stereocenters. The number of aromatic hydroxyl groups is 1. The fourth-order valence-electron chi connectivity index (χ4n) is 9.42. The Morgan fingerprint density at radius 1 is 1.21 bits per heavy atom. The average Bonchev–Trinajstić information content (AvgIpc) is 3.37. The lowest BCUT2D eigenvalue weighted by Crippen LogP contribution is -2.80. The maximum atomic E-state index is 10.8. The van der Waals surface area contributed by atoms with Crippen molar-refractivity contribution in [2.45, 2.75) is 75.0 Å². The second-order valence-electron chi connectivity index (χ2n) is 11.5. The Bertz CT molecular complexity index is 942. The van der Waals surface area contributed by atoms with Gasteiger partial charge in [0.25, 0.3) is 0 Å². The number of ether oxygens (including phenoxy) is 2. The molecule has 0 radical (unpaired) electrons. The van der Waals surface area contributed by atoms with E-state index in [1.54, 1.807) is 0 Å². The number of hydrogen-bond donors (Lipinski definition) is 1. The topological polar surface area (TPSA) is 41.9 Å². The number of hydrogen-bond acceptors (Lipinski definition) is 4. The highest BCUT2D eigenvalue weighted by atomic mass is 16.6. The molecule has 6 fully saturated rings. The van der Waals surface area contributed by atoms with E-state index in [1.807, 2.05) is 6.07 Å². The monoisotopic (exact) mass is 393 g/mol. The lowest BCUT2D eigenvalue weighted by molar-refractivity contribution is -0.260. The smallest absolute Gasteiger partial charge is 0.165 e. The van der Waals surface area contributed by atoms with Crippen LogP contribution in [0.1, 0.15) is 56.6 Å². The fourth-order valence-corrected chi connectivity index (χ4v) is 9.42. The molecule has 4 saturated carbocycles. The predicted octanol–water partition coefficient (Wildman–Crippen LogP) is 3.64. The van der Waals surface area contributed by atoms with Gasteiger partial charge in [0.2, 0.25) is 0 Å². The molecule has 4 bridgehead atoms. The van der Waals surface area contributed by atoms with Crippen LogP contribution in [0, 0.1) is 23.2 Å². The van der Waals surface area contributed by atoms with E-state index in [2.05, 4.69) is 17.9 Å². The van der Waals surface area contributed by atoms with E-state index in [0.717, 1.165) is 31.1 Å². The molecule has 29 heavy (non-hydrogen) atoms. The zero-order valence-electron chi connectivity index (χ0n) is 17.3. The van der Waals surface area contributed by atoms with Crippen LogP contribution in [-0.4, -0.2) is 47.4 Å². The molecule has 0 amide bonds. The second-order valence-corrected chi connectivity index (χ2v) is 11.5. The average molecular weight is 394 g/mol. The van der Waals surface area contributed by atoms with Crippen molar-refractivity contribution in [1.29, 1.82) is 0 Å². The van der Waals surface area contributed by atoms with Crippen molar-refractivity contribution in [1.82, 2.24) is 4.90 Å². The minimum Gasteiger partial charge on any atom is -0.504 e. The van der Waals surface area contributed by atoms with Gasteiger partial charge in [-0.05, 0) is 80.9 Å². The summed E-state index contributed by atoms with van der Waals surface area (Å²) in [6.07, 6.45) is 8.99. The van der Waals surface area contributed by atoms with E-state index >= 15 is 0 Å². The quantitative estimate of drug-likeness (QED) is 0.833. The summed E-state index contributed by atoms with van der Waals surface area (Å²) >= 11 is 0. The predicted molar refractivity (Wildman–Crippen MR) is 108 cm³/mol. The minimum absolute atomic E-state index is 0.0538. The molecule has 1 N–H and O–H groups in total. The standard InChI is InChI=1S/C25H31NO3/c1-14-13-28-25-7-6-23(11-17(14)25)19-10-16-4-5-18(27)21-20(16)24(23,22(25)29-21)8-9-26(19)12-15-2-3-15/h4-5,14-15,17,19,22,27H,2-3,6-13H2,1H3/t14-,17-,19?,22-,23?,24?,25+/m1/s1. The van der Waals surface area contributed by atoms with Gasteiger partial charge in [-0.2, -0.15) is 0 Å². The number of phenolic OH excluding ortho intramolecular Hbond substituents is 1. The first-order valence-electron chi connectivity index (χ1n) is 12.0. The number of likely N-dealkylation sites (tertiary alicyclic amines) is 1. The number of phenols is 1. The first-order chi connectivity index (χ1) is 14.1. The van der Waals surface area contributed by atoms with E-state index in [4.69, 9.17) is 9.47 Å². The Morgan fingerprint density at radius 3 is 2.97 bits per heavy atom. The van der Waals surface area contributed by atoms with Crippen LogP contribution in [0.25, 0.3) is 0 Å². The first-order valence-corrected chi connectivity index (χ1v) is 12.0. The highest BCUT2D eigenvalue weighted by Gasteiger charge is 2.82. The molecule has 3 heterocycles. The summed E-state index contributed by atoms with van der Waals surface area (Å²) in [5.41, 5.74) is 3.06. The van der Waals surface area contributed by atoms with Crippen molar-refractivity contribution in [3.63, 3.8) is 0 Å². The highest BCUT2D eigenvalue weighted by Crippen LogP contribution is 2.78. The van der Waals surface area contributed by atoms with Gasteiger partial charge in [0.05, 0.1) is 6.61 Å². The number of benzene rings is 1. The molecule has 0 aromatic heterocycles. The third kappa shape index (κ3) is 1.58. The van der Waals surface area contributed by atoms with Crippen molar-refractivity contribution in [3.05, 3.63) is 23.3 Å². The van der Waals surface area contributed by atoms with Crippen LogP contribution in [0.4, 0.5) is 0 Å². The molecule has 2 saturated heterocycles. The summed E-state index contributed by atoms with van der Waals surface area (Å²) in [5, 5.41) is 10.8. The summed E-state index contributed by atoms with van der Waals surface area (Å²) in [6.45, 7) is 5.76. The Kier molecular flexibility index (Phi) is 2.72. The number of rotatable bonds is 2. The lowest BCUT2D eigenvalue weighted by Gasteiger charge is -2.73. The maximum absolute atomic E-state index is 10.8. The molecule has 3 spiro atoms. The summed E-state index contributed by atoms with van der Waals surface area (Å²) < 4.78 is 13.5. The minimum atomic E-state index is -0.134. The van der Waals surface area contributed by atoms with Gasteiger partial charge in [-0.1, -0.05) is 13.0 Å². The molecular weight excluding hydrogens is 362 g/mol. The third-order valence-electron chi connectivity index (χ3n) is 10.6. The lowest BCUT2D eigenvalue weighted by atomic mass is 9.34. The van der Waals surface area contributed by atoms with Crippen molar-refractivity contribution in [3.8, 4) is 11.5 Å². The van der Waals surface area contributed by atoms with Gasteiger partial charge in [-0.25, -0.2) is 0 Å². The number of fused-ring (bicyclic) bond motifs is 1. The Hall–Kier alpha value is -1.26. The van der Waals surface area contributed by atoms with Gasteiger partial charge in [0.1, 0.15) is 11.7 Å². The molecule has 1 aromatic rings. The van der Waals surface area contributed by atoms with Gasteiger partial charge >= 0.3 is 0 Å². The molecule has 5 aliphatic carbocycles. The first kappa shape index (κ1) is 16.4. The summed E-state index contributed by atoms with van der Waals surface area (Å²) in [4.78, 5) is 2.90. The molecule has 3 aliphatic heterocycles. The summed E-state index contributed by atoms with van der Waals surface area (Å²) in [7, 11) is 0. The SMILES string of the molecule is C[C@@H]1CO[C@@]23CCC4(C[C@H]12)C1Cc2ccc(O)c5c2C4(CCN1CC1CC1)[C@H]3O5. The largest absolute Gasteiger partial charge is 0.504 e. The Morgan fingerprint density at radius 2 is 2.10 bits per heavy atom. The zero-order chi connectivity index (χ0) is 19.2. The van der Waals surface area contributed by atoms with Crippen LogP contribution >= 0.6 is 0 Å². The van der Waals surface area contributed by atoms with Gasteiger partial charge in [-0.3, -0.25) is 4.90 Å². The molecule has 4 nitrogen and oxygen atoms in total. The highest BCUT2D eigenvalue weighted by molar-refractivity contribution is 5.63. The van der Waals surface area contributed by atoms with Gasteiger partial charge in [-0.15, -0.1) is 0 Å². The van der Waals surface area contributed by atoms with Crippen LogP contribution in [0.5, 0.6) is 11.5 Å². The molecule has 4 heteroatoms. The number of piperidine rings is 1. The molecule has 3 unspecified atom stereocenters. The molecule has 8 aliphatic rings. The van der Waals surface area contributed by atoms with Crippen LogP contribution in [0.3, 0.4) is 0 Å².